The quantitative estimate of drug-likeness (QED) is 0.873. The molecular formula is C16H21N3O2. The Labute approximate surface area is 124 Å². The third-order valence-corrected chi connectivity index (χ3v) is 3.92. The van der Waals surface area contributed by atoms with E-state index in [1.54, 1.807) is 6.07 Å². The Hall–Kier alpha value is -1.88. The number of nitrogens with one attached hydrogen (secondary N) is 1. The number of aromatic nitrogens is 2. The zero-order chi connectivity index (χ0) is 15.0. The molecule has 3 heterocycles. The van der Waals surface area contributed by atoms with Crippen LogP contribution in [0.1, 0.15) is 20.8 Å². The van der Waals surface area contributed by atoms with Gasteiger partial charge in [0, 0.05) is 19.2 Å². The fourth-order valence-electron chi connectivity index (χ4n) is 2.58. The van der Waals surface area contributed by atoms with E-state index in [-0.39, 0.29) is 17.1 Å². The Balaban J connectivity index is 1.89. The monoisotopic (exact) mass is 287 g/mol. The van der Waals surface area contributed by atoms with Gasteiger partial charge in [-0.3, -0.25) is 4.79 Å². The number of aromatic amines is 1. The molecule has 2 aromatic heterocycles. The van der Waals surface area contributed by atoms with E-state index in [4.69, 9.17) is 4.74 Å². The lowest BCUT2D eigenvalue weighted by molar-refractivity contribution is -0.0267. The third-order valence-electron chi connectivity index (χ3n) is 3.92. The van der Waals surface area contributed by atoms with E-state index in [0.717, 1.165) is 29.9 Å². The summed E-state index contributed by atoms with van der Waals surface area (Å²) in [5, 5.41) is 0. The molecule has 21 heavy (non-hydrogen) atoms. The van der Waals surface area contributed by atoms with Gasteiger partial charge in [0.25, 0.3) is 0 Å². The number of pyridine rings is 2. The SMILES string of the molecule is CC(C)(C)C1CN(c2ccc3[nH]c(=O)ccc3n2)CCO1. The van der Waals surface area contributed by atoms with Crippen LogP contribution in [-0.2, 0) is 4.74 Å². The summed E-state index contributed by atoms with van der Waals surface area (Å²) in [6.45, 7) is 8.98. The minimum Gasteiger partial charge on any atom is -0.374 e. The number of fused-ring (bicyclic) bond motifs is 1. The maximum atomic E-state index is 11.3. The molecule has 2 aromatic rings. The Morgan fingerprint density at radius 3 is 2.86 bits per heavy atom. The molecule has 1 unspecified atom stereocenters. The highest BCUT2D eigenvalue weighted by Gasteiger charge is 2.31. The zero-order valence-electron chi connectivity index (χ0n) is 12.7. The van der Waals surface area contributed by atoms with Crippen LogP contribution in [0, 0.1) is 5.41 Å². The van der Waals surface area contributed by atoms with Crippen LogP contribution in [0.3, 0.4) is 0 Å². The molecule has 0 amide bonds. The summed E-state index contributed by atoms with van der Waals surface area (Å²) in [6, 6.07) is 7.15. The van der Waals surface area contributed by atoms with Gasteiger partial charge in [0.2, 0.25) is 5.56 Å². The number of hydrogen-bond acceptors (Lipinski definition) is 4. The number of nitrogens with zero attached hydrogens (tertiary/aromatic N) is 2. The van der Waals surface area contributed by atoms with Crippen molar-refractivity contribution in [1.82, 2.24) is 9.97 Å². The Kier molecular flexibility index (Phi) is 3.45. The molecule has 0 radical (unpaired) electrons. The maximum Gasteiger partial charge on any atom is 0.248 e. The lowest BCUT2D eigenvalue weighted by atomic mass is 9.88. The fourth-order valence-corrected chi connectivity index (χ4v) is 2.58. The average Bonchev–Trinajstić information content (AvgIpc) is 2.46. The molecule has 0 saturated carbocycles. The van der Waals surface area contributed by atoms with E-state index in [1.807, 2.05) is 12.1 Å². The molecular weight excluding hydrogens is 266 g/mol. The highest BCUT2D eigenvalue weighted by atomic mass is 16.5. The van der Waals surface area contributed by atoms with Crippen molar-refractivity contribution >= 4 is 16.9 Å². The summed E-state index contributed by atoms with van der Waals surface area (Å²) < 4.78 is 5.88. The molecule has 1 N–H and O–H groups in total. The largest absolute Gasteiger partial charge is 0.374 e. The average molecular weight is 287 g/mol. The van der Waals surface area contributed by atoms with Gasteiger partial charge in [-0.15, -0.1) is 0 Å². The van der Waals surface area contributed by atoms with Crippen LogP contribution in [0.25, 0.3) is 11.0 Å². The van der Waals surface area contributed by atoms with Gasteiger partial charge >= 0.3 is 0 Å². The number of hydrogen-bond donors (Lipinski definition) is 1. The molecule has 1 saturated heterocycles. The zero-order valence-corrected chi connectivity index (χ0v) is 12.7. The summed E-state index contributed by atoms with van der Waals surface area (Å²) in [4.78, 5) is 21.0. The van der Waals surface area contributed by atoms with Gasteiger partial charge in [-0.1, -0.05) is 20.8 Å². The molecule has 1 aliphatic heterocycles. The third kappa shape index (κ3) is 2.93. The molecule has 0 bridgehead atoms. The van der Waals surface area contributed by atoms with Crippen molar-refractivity contribution in [3.05, 3.63) is 34.6 Å². The van der Waals surface area contributed by atoms with E-state index in [2.05, 4.69) is 35.6 Å². The smallest absolute Gasteiger partial charge is 0.248 e. The second-order valence-electron chi connectivity index (χ2n) is 6.60. The predicted octanol–water partition coefficient (Wildman–Crippen LogP) is 2.17. The van der Waals surface area contributed by atoms with Gasteiger partial charge in [-0.2, -0.15) is 0 Å². The summed E-state index contributed by atoms with van der Waals surface area (Å²) in [5.41, 5.74) is 1.59. The van der Waals surface area contributed by atoms with E-state index in [9.17, 15) is 4.79 Å². The van der Waals surface area contributed by atoms with Crippen molar-refractivity contribution in [2.75, 3.05) is 24.6 Å². The Morgan fingerprint density at radius 1 is 1.29 bits per heavy atom. The van der Waals surface area contributed by atoms with Gasteiger partial charge in [0.15, 0.2) is 0 Å². The van der Waals surface area contributed by atoms with E-state index < -0.39 is 0 Å². The molecule has 1 aliphatic rings. The highest BCUT2D eigenvalue weighted by Crippen LogP contribution is 2.27. The Morgan fingerprint density at radius 2 is 2.10 bits per heavy atom. The van der Waals surface area contributed by atoms with Gasteiger partial charge in [0.1, 0.15) is 5.82 Å². The normalized spacial score (nSPS) is 20.0. The molecule has 3 rings (SSSR count). The van der Waals surface area contributed by atoms with Crippen LogP contribution in [0.15, 0.2) is 29.1 Å². The second kappa shape index (κ2) is 5.15. The molecule has 1 fully saturated rings. The van der Waals surface area contributed by atoms with Crippen molar-refractivity contribution in [3.63, 3.8) is 0 Å². The first kappa shape index (κ1) is 14.1. The van der Waals surface area contributed by atoms with Crippen molar-refractivity contribution < 1.29 is 4.74 Å². The van der Waals surface area contributed by atoms with Crippen LogP contribution >= 0.6 is 0 Å². The van der Waals surface area contributed by atoms with Crippen molar-refractivity contribution in [3.8, 4) is 0 Å². The van der Waals surface area contributed by atoms with Gasteiger partial charge in [-0.05, 0) is 23.6 Å². The van der Waals surface area contributed by atoms with Crippen molar-refractivity contribution in [2.45, 2.75) is 26.9 Å². The predicted molar refractivity (Wildman–Crippen MR) is 83.8 cm³/mol. The lowest BCUT2D eigenvalue weighted by Gasteiger charge is -2.40. The first-order chi connectivity index (χ1) is 9.93. The Bertz CT molecular complexity index is 702. The van der Waals surface area contributed by atoms with Crippen LogP contribution < -0.4 is 10.5 Å². The van der Waals surface area contributed by atoms with Crippen LogP contribution in [0.5, 0.6) is 0 Å². The number of ether oxygens (including phenoxy) is 1. The minimum atomic E-state index is -0.101. The van der Waals surface area contributed by atoms with Gasteiger partial charge in [0.05, 0.1) is 23.7 Å². The van der Waals surface area contributed by atoms with E-state index >= 15 is 0 Å². The van der Waals surface area contributed by atoms with Gasteiger partial charge in [-0.25, -0.2) is 4.98 Å². The van der Waals surface area contributed by atoms with Gasteiger partial charge < -0.3 is 14.6 Å². The summed E-state index contributed by atoms with van der Waals surface area (Å²) >= 11 is 0. The topological polar surface area (TPSA) is 58.2 Å². The van der Waals surface area contributed by atoms with E-state index in [1.165, 1.54) is 6.07 Å². The van der Waals surface area contributed by atoms with Crippen molar-refractivity contribution in [2.24, 2.45) is 5.41 Å². The molecule has 0 aromatic carbocycles. The molecule has 5 heteroatoms. The van der Waals surface area contributed by atoms with Crippen LogP contribution in [0.4, 0.5) is 5.82 Å². The van der Waals surface area contributed by atoms with Crippen LogP contribution in [0.2, 0.25) is 0 Å². The summed E-state index contributed by atoms with van der Waals surface area (Å²) in [7, 11) is 0. The maximum absolute atomic E-state index is 11.3. The molecule has 5 nitrogen and oxygen atoms in total. The molecule has 1 atom stereocenters. The summed E-state index contributed by atoms with van der Waals surface area (Å²) in [6.07, 6.45) is 0.194. The number of H-pyrrole nitrogens is 1. The molecule has 0 spiro atoms. The van der Waals surface area contributed by atoms with Crippen molar-refractivity contribution in [1.29, 1.82) is 0 Å². The minimum absolute atomic E-state index is 0.101. The second-order valence-corrected chi connectivity index (χ2v) is 6.60. The number of morpholine rings is 1. The fraction of sp³-hybridized carbons (Fsp3) is 0.500. The van der Waals surface area contributed by atoms with Crippen LogP contribution in [-0.4, -0.2) is 35.8 Å². The highest BCUT2D eigenvalue weighted by molar-refractivity contribution is 5.75. The molecule has 0 aliphatic carbocycles. The first-order valence-corrected chi connectivity index (χ1v) is 7.30. The standard InChI is InChI=1S/C16H21N3O2/c1-16(2,3)13-10-19(8-9-21-13)14-6-4-12-11(17-14)5-7-15(20)18-12/h4-7,13H,8-10H2,1-3H3,(H,18,20). The lowest BCUT2D eigenvalue weighted by Crippen LogP contribution is -2.48. The van der Waals surface area contributed by atoms with E-state index in [0.29, 0.717) is 6.61 Å². The number of anilines is 1. The summed E-state index contributed by atoms with van der Waals surface area (Å²) in [5.74, 6) is 0.937. The number of rotatable bonds is 1. The molecule has 112 valence electrons. The first-order valence-electron chi connectivity index (χ1n) is 7.30.